The van der Waals surface area contributed by atoms with Gasteiger partial charge in [0, 0.05) is 6.42 Å². The number of aliphatic hydroxyl groups excluding tert-OH is 1. The number of aliphatic hydroxyl groups is 1. The van der Waals surface area contributed by atoms with Crippen molar-refractivity contribution < 1.29 is 29.4 Å². The number of hydrogen-bond donors (Lipinski definition) is 6. The fraction of sp³-hybridized carbons (Fsp3) is 0.565. The largest absolute Gasteiger partial charge is 0.480 e. The number of amides is 3. The lowest BCUT2D eigenvalue weighted by molar-refractivity contribution is -0.143. The molecule has 1 aliphatic heterocycles. The standard InChI is InChI=1S/C23H34N4O6/c1-13(2)18(23(32)33)26-21(30)17(12-15-8-5-4-6-9-15)25-22(31)19(14(3)28)27-20(29)16-10-7-11-24-16/h4-6,8-9,13-14,16-19,24,28H,7,10-12H2,1-3H3,(H,25,31)(H,26,30)(H,27,29)(H,32,33). The molecule has 5 atom stereocenters. The third kappa shape index (κ3) is 7.83. The Hall–Kier alpha value is -2.98. The van der Waals surface area contributed by atoms with Gasteiger partial charge in [-0.2, -0.15) is 0 Å². The summed E-state index contributed by atoms with van der Waals surface area (Å²) in [5.41, 5.74) is 0.752. The van der Waals surface area contributed by atoms with Crippen LogP contribution in [0.5, 0.6) is 0 Å². The van der Waals surface area contributed by atoms with Crippen LogP contribution < -0.4 is 21.3 Å². The highest BCUT2D eigenvalue weighted by Crippen LogP contribution is 2.09. The Morgan fingerprint density at radius 1 is 1.00 bits per heavy atom. The number of carbonyl (C=O) groups excluding carboxylic acids is 3. The van der Waals surface area contributed by atoms with Crippen molar-refractivity contribution in [2.75, 3.05) is 6.54 Å². The van der Waals surface area contributed by atoms with Crippen molar-refractivity contribution in [3.05, 3.63) is 35.9 Å². The minimum atomic E-state index is -1.27. The van der Waals surface area contributed by atoms with E-state index >= 15 is 0 Å². The van der Waals surface area contributed by atoms with Crippen molar-refractivity contribution in [1.29, 1.82) is 0 Å². The van der Waals surface area contributed by atoms with E-state index in [1.807, 2.05) is 6.07 Å². The third-order valence-electron chi connectivity index (χ3n) is 5.59. The summed E-state index contributed by atoms with van der Waals surface area (Å²) in [6.45, 7) is 5.40. The number of nitrogens with one attached hydrogen (secondary N) is 4. The molecule has 1 aromatic rings. The maximum Gasteiger partial charge on any atom is 0.326 e. The number of rotatable bonds is 11. The molecule has 0 bridgehead atoms. The van der Waals surface area contributed by atoms with Crippen molar-refractivity contribution in [1.82, 2.24) is 21.3 Å². The molecule has 33 heavy (non-hydrogen) atoms. The van der Waals surface area contributed by atoms with Crippen molar-refractivity contribution >= 4 is 23.7 Å². The van der Waals surface area contributed by atoms with Crippen molar-refractivity contribution in [3.8, 4) is 0 Å². The van der Waals surface area contributed by atoms with Gasteiger partial charge in [0.2, 0.25) is 17.7 Å². The summed E-state index contributed by atoms with van der Waals surface area (Å²) < 4.78 is 0. The van der Waals surface area contributed by atoms with E-state index in [1.54, 1.807) is 38.1 Å². The fourth-order valence-electron chi connectivity index (χ4n) is 3.66. The van der Waals surface area contributed by atoms with Gasteiger partial charge in [0.25, 0.3) is 0 Å². The van der Waals surface area contributed by atoms with E-state index in [0.717, 1.165) is 12.0 Å². The molecule has 1 fully saturated rings. The summed E-state index contributed by atoms with van der Waals surface area (Å²) in [5, 5.41) is 30.2. The highest BCUT2D eigenvalue weighted by atomic mass is 16.4. The van der Waals surface area contributed by atoms with Crippen LogP contribution in [-0.2, 0) is 25.6 Å². The molecule has 2 rings (SSSR count). The molecule has 1 aromatic carbocycles. The summed E-state index contributed by atoms with van der Waals surface area (Å²) in [4.78, 5) is 50.0. The lowest BCUT2D eigenvalue weighted by Crippen LogP contribution is -2.60. The van der Waals surface area contributed by atoms with E-state index in [2.05, 4.69) is 21.3 Å². The average Bonchev–Trinajstić information content (AvgIpc) is 3.30. The van der Waals surface area contributed by atoms with Gasteiger partial charge in [0.15, 0.2) is 0 Å². The van der Waals surface area contributed by atoms with Crippen LogP contribution in [0.3, 0.4) is 0 Å². The quantitative estimate of drug-likeness (QED) is 0.260. The molecular formula is C23H34N4O6. The topological polar surface area (TPSA) is 157 Å². The number of carboxylic acid groups (broad SMARTS) is 1. The van der Waals surface area contributed by atoms with E-state index in [4.69, 9.17) is 0 Å². The van der Waals surface area contributed by atoms with Crippen LogP contribution in [0.25, 0.3) is 0 Å². The number of carboxylic acids is 1. The van der Waals surface area contributed by atoms with Crippen molar-refractivity contribution in [3.63, 3.8) is 0 Å². The van der Waals surface area contributed by atoms with E-state index < -0.39 is 54.0 Å². The molecule has 1 heterocycles. The van der Waals surface area contributed by atoms with Gasteiger partial charge in [-0.25, -0.2) is 4.79 Å². The molecule has 1 aliphatic rings. The van der Waals surface area contributed by atoms with Gasteiger partial charge in [-0.1, -0.05) is 44.2 Å². The molecular weight excluding hydrogens is 428 g/mol. The van der Waals surface area contributed by atoms with Crippen LogP contribution in [-0.4, -0.2) is 70.7 Å². The highest BCUT2D eigenvalue weighted by molar-refractivity contribution is 5.94. The molecule has 0 radical (unpaired) electrons. The lowest BCUT2D eigenvalue weighted by Gasteiger charge is -2.27. The molecule has 0 spiro atoms. The van der Waals surface area contributed by atoms with Gasteiger partial charge < -0.3 is 31.5 Å². The highest BCUT2D eigenvalue weighted by Gasteiger charge is 2.34. The molecule has 10 nitrogen and oxygen atoms in total. The second kappa shape index (κ2) is 12.3. The second-order valence-corrected chi connectivity index (χ2v) is 8.70. The predicted octanol–water partition coefficient (Wildman–Crippen LogP) is -0.443. The molecule has 0 aromatic heterocycles. The first-order chi connectivity index (χ1) is 15.6. The second-order valence-electron chi connectivity index (χ2n) is 8.70. The molecule has 1 saturated heterocycles. The monoisotopic (exact) mass is 462 g/mol. The summed E-state index contributed by atoms with van der Waals surface area (Å²) in [7, 11) is 0. The molecule has 0 saturated carbocycles. The number of aliphatic carboxylic acids is 1. The Morgan fingerprint density at radius 3 is 2.18 bits per heavy atom. The Morgan fingerprint density at radius 2 is 1.67 bits per heavy atom. The van der Waals surface area contributed by atoms with Crippen LogP contribution in [0.1, 0.15) is 39.2 Å². The van der Waals surface area contributed by atoms with E-state index in [1.165, 1.54) is 6.92 Å². The third-order valence-corrected chi connectivity index (χ3v) is 5.59. The van der Waals surface area contributed by atoms with Gasteiger partial charge >= 0.3 is 5.97 Å². The summed E-state index contributed by atoms with van der Waals surface area (Å²) >= 11 is 0. The average molecular weight is 463 g/mol. The molecule has 6 N–H and O–H groups in total. The molecule has 182 valence electrons. The van der Waals surface area contributed by atoms with Gasteiger partial charge in [0.1, 0.15) is 18.1 Å². The van der Waals surface area contributed by atoms with Gasteiger partial charge in [-0.05, 0) is 37.8 Å². The van der Waals surface area contributed by atoms with Crippen LogP contribution in [0.15, 0.2) is 30.3 Å². The zero-order valence-corrected chi connectivity index (χ0v) is 19.2. The normalized spacial score (nSPS) is 19.2. The number of carbonyl (C=O) groups is 4. The first kappa shape index (κ1) is 26.3. The van der Waals surface area contributed by atoms with E-state index in [-0.39, 0.29) is 12.3 Å². The SMILES string of the molecule is CC(C)C(NC(=O)C(Cc1ccccc1)NC(=O)C(NC(=O)C1CCCN1)C(C)O)C(=O)O. The molecule has 0 aliphatic carbocycles. The summed E-state index contributed by atoms with van der Waals surface area (Å²) in [6, 6.07) is 4.99. The van der Waals surface area contributed by atoms with Crippen molar-refractivity contribution in [2.45, 2.75) is 70.3 Å². The van der Waals surface area contributed by atoms with Crippen LogP contribution in [0.4, 0.5) is 0 Å². The van der Waals surface area contributed by atoms with Crippen molar-refractivity contribution in [2.24, 2.45) is 5.92 Å². The maximum absolute atomic E-state index is 13.0. The number of hydrogen-bond acceptors (Lipinski definition) is 6. The zero-order chi connectivity index (χ0) is 24.5. The molecule has 5 unspecified atom stereocenters. The van der Waals surface area contributed by atoms with Crippen LogP contribution in [0.2, 0.25) is 0 Å². The van der Waals surface area contributed by atoms with Gasteiger partial charge in [-0.3, -0.25) is 14.4 Å². The van der Waals surface area contributed by atoms with E-state index in [0.29, 0.717) is 13.0 Å². The minimum Gasteiger partial charge on any atom is -0.480 e. The fourth-order valence-corrected chi connectivity index (χ4v) is 3.66. The lowest BCUT2D eigenvalue weighted by atomic mass is 10.0. The minimum absolute atomic E-state index is 0.105. The summed E-state index contributed by atoms with van der Waals surface area (Å²) in [5.74, 6) is -3.35. The Labute approximate surface area is 193 Å². The first-order valence-electron chi connectivity index (χ1n) is 11.2. The zero-order valence-electron chi connectivity index (χ0n) is 19.2. The number of benzene rings is 1. The maximum atomic E-state index is 13.0. The molecule has 10 heteroatoms. The van der Waals surface area contributed by atoms with Gasteiger partial charge in [0.05, 0.1) is 12.1 Å². The Bertz CT molecular complexity index is 824. The van der Waals surface area contributed by atoms with Crippen LogP contribution >= 0.6 is 0 Å². The first-order valence-corrected chi connectivity index (χ1v) is 11.2. The summed E-state index contributed by atoms with van der Waals surface area (Å²) in [6.07, 6.45) is 0.361. The van der Waals surface area contributed by atoms with Crippen LogP contribution in [0, 0.1) is 5.92 Å². The Kier molecular flexibility index (Phi) is 9.80. The van der Waals surface area contributed by atoms with E-state index in [9.17, 15) is 29.4 Å². The molecule has 3 amide bonds. The smallest absolute Gasteiger partial charge is 0.326 e. The Balaban J connectivity index is 2.18. The van der Waals surface area contributed by atoms with Gasteiger partial charge in [-0.15, -0.1) is 0 Å². The predicted molar refractivity (Wildman–Crippen MR) is 121 cm³/mol.